The third kappa shape index (κ3) is 4.93. The molecule has 0 bridgehead atoms. The summed E-state index contributed by atoms with van der Waals surface area (Å²) >= 11 is 0. The zero-order valence-corrected chi connectivity index (χ0v) is 21.9. The summed E-state index contributed by atoms with van der Waals surface area (Å²) in [5.74, 6) is 1.04. The highest BCUT2D eigenvalue weighted by Gasteiger charge is 2.30. The summed E-state index contributed by atoms with van der Waals surface area (Å²) in [5.41, 5.74) is 3.93. The standard InChI is InChI=1S/C25H28N8O3S/c1-5-14(2)33-24-18(12-28-22(32-24)20-15(3)29-13-30-21(20)17-7-8-17)31-23(25(33)34)27-11-16-6-9-19(26-10-16)37(4,35)36/h6,9-10,12-14,17H,5,7-8,11H2,1-4H3,(H,27,31). The lowest BCUT2D eigenvalue weighted by atomic mass is 10.1. The molecule has 192 valence electrons. The van der Waals surface area contributed by atoms with Crippen LogP contribution in [0.2, 0.25) is 0 Å². The predicted octanol–water partition coefficient (Wildman–Crippen LogP) is 3.21. The molecule has 0 spiro atoms. The Morgan fingerprint density at radius 3 is 2.54 bits per heavy atom. The number of anilines is 1. The average molecular weight is 521 g/mol. The van der Waals surface area contributed by atoms with Gasteiger partial charge in [-0.1, -0.05) is 13.0 Å². The van der Waals surface area contributed by atoms with E-state index in [0.29, 0.717) is 28.5 Å². The second kappa shape index (κ2) is 9.58. The molecule has 1 N–H and O–H groups in total. The van der Waals surface area contributed by atoms with E-state index >= 15 is 0 Å². The zero-order chi connectivity index (χ0) is 26.3. The summed E-state index contributed by atoms with van der Waals surface area (Å²) < 4.78 is 25.0. The molecule has 0 aliphatic heterocycles. The van der Waals surface area contributed by atoms with Crippen LogP contribution in [0.25, 0.3) is 22.6 Å². The van der Waals surface area contributed by atoms with E-state index in [0.717, 1.165) is 42.5 Å². The molecule has 1 aliphatic rings. The van der Waals surface area contributed by atoms with E-state index in [4.69, 9.17) is 4.98 Å². The first kappa shape index (κ1) is 24.9. The number of nitrogens with zero attached hydrogens (tertiary/aromatic N) is 7. The van der Waals surface area contributed by atoms with E-state index in [1.165, 1.54) is 12.3 Å². The Balaban J connectivity index is 1.55. The van der Waals surface area contributed by atoms with Crippen LogP contribution in [0.15, 0.2) is 40.7 Å². The van der Waals surface area contributed by atoms with Crippen LogP contribution < -0.4 is 10.9 Å². The van der Waals surface area contributed by atoms with E-state index in [-0.39, 0.29) is 29.0 Å². The molecule has 37 heavy (non-hydrogen) atoms. The molecule has 11 nitrogen and oxygen atoms in total. The number of aryl methyl sites for hydroxylation is 1. The van der Waals surface area contributed by atoms with Crippen LogP contribution in [-0.4, -0.2) is 49.1 Å². The Labute approximate surface area is 214 Å². The quantitative estimate of drug-likeness (QED) is 0.367. The van der Waals surface area contributed by atoms with Crippen molar-refractivity contribution >= 4 is 26.8 Å². The molecule has 4 aromatic heterocycles. The number of aromatic nitrogens is 7. The molecule has 1 aliphatic carbocycles. The monoisotopic (exact) mass is 520 g/mol. The van der Waals surface area contributed by atoms with Gasteiger partial charge in [-0.3, -0.25) is 9.36 Å². The highest BCUT2D eigenvalue weighted by Crippen LogP contribution is 2.43. The molecule has 5 rings (SSSR count). The molecule has 0 aromatic carbocycles. The van der Waals surface area contributed by atoms with Crippen molar-refractivity contribution in [2.45, 2.75) is 63.6 Å². The minimum Gasteiger partial charge on any atom is -0.361 e. The van der Waals surface area contributed by atoms with Crippen molar-refractivity contribution < 1.29 is 8.42 Å². The summed E-state index contributed by atoms with van der Waals surface area (Å²) in [7, 11) is -3.39. The summed E-state index contributed by atoms with van der Waals surface area (Å²) in [6.07, 6.45) is 8.66. The molecule has 1 unspecified atom stereocenters. The molecular formula is C25H28N8O3S. The topological polar surface area (TPSA) is 146 Å². The van der Waals surface area contributed by atoms with Crippen LogP contribution in [0.4, 0.5) is 5.82 Å². The lowest BCUT2D eigenvalue weighted by Gasteiger charge is -2.18. The van der Waals surface area contributed by atoms with Crippen molar-refractivity contribution in [3.8, 4) is 11.4 Å². The van der Waals surface area contributed by atoms with Gasteiger partial charge in [0, 0.05) is 31.0 Å². The number of sulfone groups is 1. The zero-order valence-electron chi connectivity index (χ0n) is 21.1. The van der Waals surface area contributed by atoms with Gasteiger partial charge in [0.15, 0.2) is 32.2 Å². The highest BCUT2D eigenvalue weighted by atomic mass is 32.2. The van der Waals surface area contributed by atoms with Crippen LogP contribution in [-0.2, 0) is 16.4 Å². The summed E-state index contributed by atoms with van der Waals surface area (Å²) in [4.78, 5) is 40.4. The largest absolute Gasteiger partial charge is 0.361 e. The first-order valence-electron chi connectivity index (χ1n) is 12.2. The number of rotatable bonds is 8. The fourth-order valence-electron chi connectivity index (χ4n) is 4.18. The normalized spacial score (nSPS) is 14.6. The average Bonchev–Trinajstić information content (AvgIpc) is 3.72. The Kier molecular flexibility index (Phi) is 6.44. The summed E-state index contributed by atoms with van der Waals surface area (Å²) in [6.45, 7) is 6.14. The molecule has 1 saturated carbocycles. The van der Waals surface area contributed by atoms with Gasteiger partial charge in [-0.15, -0.1) is 0 Å². The van der Waals surface area contributed by atoms with E-state index in [9.17, 15) is 13.2 Å². The second-order valence-electron chi connectivity index (χ2n) is 9.42. The molecule has 12 heteroatoms. The lowest BCUT2D eigenvalue weighted by molar-refractivity contribution is 0.526. The van der Waals surface area contributed by atoms with Gasteiger partial charge in [0.2, 0.25) is 0 Å². The van der Waals surface area contributed by atoms with Crippen LogP contribution in [0.3, 0.4) is 0 Å². The predicted molar refractivity (Wildman–Crippen MR) is 139 cm³/mol. The molecule has 0 saturated heterocycles. The molecular weight excluding hydrogens is 492 g/mol. The van der Waals surface area contributed by atoms with Crippen molar-refractivity contribution in [1.82, 2.24) is 34.5 Å². The maximum atomic E-state index is 13.5. The number of hydrogen-bond donors (Lipinski definition) is 1. The first-order chi connectivity index (χ1) is 17.7. The van der Waals surface area contributed by atoms with E-state index in [2.05, 4.69) is 30.2 Å². The van der Waals surface area contributed by atoms with Crippen LogP contribution in [0.1, 0.15) is 62.0 Å². The van der Waals surface area contributed by atoms with Gasteiger partial charge in [0.25, 0.3) is 5.56 Å². The van der Waals surface area contributed by atoms with Gasteiger partial charge in [-0.2, -0.15) is 0 Å². The van der Waals surface area contributed by atoms with Crippen LogP contribution in [0, 0.1) is 6.92 Å². The van der Waals surface area contributed by atoms with Crippen molar-refractivity contribution in [2.24, 2.45) is 0 Å². The van der Waals surface area contributed by atoms with E-state index in [1.54, 1.807) is 23.2 Å². The fourth-order valence-corrected chi connectivity index (χ4v) is 4.74. The van der Waals surface area contributed by atoms with Gasteiger partial charge in [0.05, 0.1) is 23.1 Å². The highest BCUT2D eigenvalue weighted by molar-refractivity contribution is 7.90. The van der Waals surface area contributed by atoms with Crippen molar-refractivity contribution in [2.75, 3.05) is 11.6 Å². The third-order valence-corrected chi connectivity index (χ3v) is 7.56. The number of pyridine rings is 1. The number of nitrogens with one attached hydrogen (secondary N) is 1. The van der Waals surface area contributed by atoms with Crippen LogP contribution >= 0.6 is 0 Å². The molecule has 1 atom stereocenters. The maximum absolute atomic E-state index is 13.5. The minimum absolute atomic E-state index is 0.00365. The van der Waals surface area contributed by atoms with Gasteiger partial charge in [-0.05, 0) is 44.7 Å². The van der Waals surface area contributed by atoms with Gasteiger partial charge in [0.1, 0.15) is 11.8 Å². The minimum atomic E-state index is -3.39. The maximum Gasteiger partial charge on any atom is 0.295 e. The summed E-state index contributed by atoms with van der Waals surface area (Å²) in [5, 5.41) is 3.07. The van der Waals surface area contributed by atoms with E-state index < -0.39 is 9.84 Å². The van der Waals surface area contributed by atoms with Crippen LogP contribution in [0.5, 0.6) is 0 Å². The van der Waals surface area contributed by atoms with Crippen molar-refractivity contribution in [1.29, 1.82) is 0 Å². The van der Waals surface area contributed by atoms with Gasteiger partial charge >= 0.3 is 0 Å². The van der Waals surface area contributed by atoms with Gasteiger partial charge < -0.3 is 5.32 Å². The Bertz CT molecular complexity index is 1650. The van der Waals surface area contributed by atoms with Crippen molar-refractivity contribution in [3.05, 3.63) is 58.2 Å². The van der Waals surface area contributed by atoms with E-state index in [1.807, 2.05) is 20.8 Å². The molecule has 0 amide bonds. The molecule has 0 radical (unpaired) electrons. The Hall–Kier alpha value is -3.80. The number of fused-ring (bicyclic) bond motifs is 1. The third-order valence-electron chi connectivity index (χ3n) is 6.55. The number of hydrogen-bond acceptors (Lipinski definition) is 10. The second-order valence-corrected chi connectivity index (χ2v) is 11.4. The molecule has 4 heterocycles. The molecule has 1 fully saturated rings. The Morgan fingerprint density at radius 1 is 1.11 bits per heavy atom. The Morgan fingerprint density at radius 2 is 1.89 bits per heavy atom. The van der Waals surface area contributed by atoms with Gasteiger partial charge in [-0.25, -0.2) is 38.3 Å². The lowest BCUT2D eigenvalue weighted by Crippen LogP contribution is -2.28. The molecule has 4 aromatic rings. The SMILES string of the molecule is CCC(C)n1c(=O)c(NCc2ccc(S(C)(=O)=O)nc2)nc2cnc(-c3c(C)ncnc3C3CC3)nc21. The fraction of sp³-hybridized carbons (Fsp3) is 0.400. The summed E-state index contributed by atoms with van der Waals surface area (Å²) in [6, 6.07) is 2.97. The van der Waals surface area contributed by atoms with Crippen molar-refractivity contribution in [3.63, 3.8) is 0 Å². The first-order valence-corrected chi connectivity index (χ1v) is 14.1. The smallest absolute Gasteiger partial charge is 0.295 e.